The van der Waals surface area contributed by atoms with Crippen molar-refractivity contribution in [3.63, 3.8) is 0 Å². The molecule has 1 aliphatic carbocycles. The Balaban J connectivity index is 1.10. The fraction of sp³-hybridized carbons (Fsp3) is 0.333. The number of hydrogen-bond donors (Lipinski definition) is 0. The van der Waals surface area contributed by atoms with Crippen molar-refractivity contribution < 1.29 is 32.9 Å². The van der Waals surface area contributed by atoms with Crippen LogP contribution < -0.4 is 4.74 Å². The molecule has 36 heavy (non-hydrogen) atoms. The normalized spacial score (nSPS) is 19.3. The summed E-state index contributed by atoms with van der Waals surface area (Å²) in [6.07, 6.45) is 11.2. The summed E-state index contributed by atoms with van der Waals surface area (Å²) in [6.45, 7) is 0.810. The molecule has 2 aromatic rings. The van der Waals surface area contributed by atoms with Gasteiger partial charge < -0.3 is 23.7 Å². The van der Waals surface area contributed by atoms with Crippen molar-refractivity contribution in [2.45, 2.75) is 38.4 Å². The van der Waals surface area contributed by atoms with Gasteiger partial charge in [0, 0.05) is 23.6 Å². The van der Waals surface area contributed by atoms with Gasteiger partial charge in [-0.1, -0.05) is 18.2 Å². The average molecular weight is 495 g/mol. The summed E-state index contributed by atoms with van der Waals surface area (Å²) in [5.41, 5.74) is 1.92. The number of nitrogens with zero attached hydrogens (tertiary/aromatic N) is 2. The number of hydrogen-bond acceptors (Lipinski definition) is 7. The van der Waals surface area contributed by atoms with Gasteiger partial charge in [-0.05, 0) is 49.5 Å². The Labute approximate surface area is 208 Å². The van der Waals surface area contributed by atoms with Crippen molar-refractivity contribution in [2.24, 2.45) is 0 Å². The molecule has 9 heteroatoms. The molecule has 3 aliphatic rings. The maximum Gasteiger partial charge on any atom is 0.417 e. The van der Waals surface area contributed by atoms with Crippen molar-refractivity contribution in [1.29, 1.82) is 0 Å². The van der Waals surface area contributed by atoms with E-state index in [1.54, 1.807) is 12.1 Å². The zero-order valence-corrected chi connectivity index (χ0v) is 19.9. The van der Waals surface area contributed by atoms with Gasteiger partial charge in [-0.25, -0.2) is 19.1 Å². The summed E-state index contributed by atoms with van der Waals surface area (Å²) >= 11 is 0. The highest BCUT2D eigenvalue weighted by Gasteiger charge is 2.36. The first-order valence-corrected chi connectivity index (χ1v) is 11.9. The van der Waals surface area contributed by atoms with E-state index in [9.17, 15) is 9.18 Å². The number of fused-ring (bicyclic) bond motifs is 1. The van der Waals surface area contributed by atoms with E-state index in [4.69, 9.17) is 23.7 Å². The summed E-state index contributed by atoms with van der Waals surface area (Å²) < 4.78 is 42.2. The highest BCUT2D eigenvalue weighted by molar-refractivity contribution is 5.82. The largest absolute Gasteiger partial charge is 0.481 e. The molecule has 188 valence electrons. The van der Waals surface area contributed by atoms with E-state index in [2.05, 4.69) is 11.1 Å². The molecule has 1 saturated heterocycles. The van der Waals surface area contributed by atoms with Gasteiger partial charge in [0.1, 0.15) is 18.2 Å². The maximum absolute atomic E-state index is 14.5. The van der Waals surface area contributed by atoms with Gasteiger partial charge in [0.15, 0.2) is 12.0 Å². The van der Waals surface area contributed by atoms with E-state index < -0.39 is 6.09 Å². The van der Waals surface area contributed by atoms with E-state index >= 15 is 0 Å². The average Bonchev–Trinajstić information content (AvgIpc) is 3.30. The summed E-state index contributed by atoms with van der Waals surface area (Å²) in [6, 6.07) is 6.66. The number of benzene rings is 1. The predicted octanol–water partition coefficient (Wildman–Crippen LogP) is 5.46. The molecule has 0 saturated carbocycles. The molecule has 1 fully saturated rings. The summed E-state index contributed by atoms with van der Waals surface area (Å²) in [5.74, 6) is 0.940. The number of methoxy groups -OCH3 is 1. The number of pyridine rings is 1. The number of rotatable bonds is 9. The minimum atomic E-state index is -0.479. The number of carbonyl (C=O) groups excluding carboxylic acids is 1. The molecular weight excluding hydrogens is 467 g/mol. The minimum Gasteiger partial charge on any atom is -0.481 e. The van der Waals surface area contributed by atoms with Crippen LogP contribution in [-0.4, -0.2) is 42.3 Å². The third-order valence-corrected chi connectivity index (χ3v) is 6.18. The van der Waals surface area contributed by atoms with Gasteiger partial charge in [0.25, 0.3) is 0 Å². The number of cyclic esters (lactones) is 1. The molecule has 1 amide bonds. The molecule has 1 atom stereocenters. The standard InChI is InChI=1S/C27H27FN2O6/c1-32-24-12-10-19-9-11-22(28)21(26(19)29-24)15-33-13-5-8-20-14-30(27(31)35-20)25-17-34-16-23(36-25)18-6-3-2-4-7-18/h2-3,6,9-12,16-17,20H,4-5,7-8,13-15H2,1H3. The number of carbonyl (C=O) groups is 1. The predicted molar refractivity (Wildman–Crippen MR) is 129 cm³/mol. The molecule has 3 heterocycles. The highest BCUT2D eigenvalue weighted by Crippen LogP contribution is 2.30. The smallest absolute Gasteiger partial charge is 0.417 e. The monoisotopic (exact) mass is 494 g/mol. The molecule has 1 aromatic carbocycles. The SMILES string of the molecule is COc1ccc2ccc(F)c(COCCCC3CN(C4=COC=C(C5=CC=CCC5)O4)C(=O)O3)c2n1. The van der Waals surface area contributed by atoms with E-state index in [0.717, 1.165) is 23.8 Å². The molecule has 8 nitrogen and oxygen atoms in total. The van der Waals surface area contributed by atoms with Crippen LogP contribution in [0.1, 0.15) is 31.2 Å². The van der Waals surface area contributed by atoms with E-state index in [1.807, 2.05) is 18.2 Å². The fourth-order valence-corrected chi connectivity index (χ4v) is 4.28. The number of aromatic nitrogens is 1. The molecule has 5 rings (SSSR count). The minimum absolute atomic E-state index is 0.0815. The number of amides is 1. The van der Waals surface area contributed by atoms with Crippen LogP contribution in [0.2, 0.25) is 0 Å². The van der Waals surface area contributed by atoms with Crippen LogP contribution in [0.5, 0.6) is 5.88 Å². The zero-order chi connectivity index (χ0) is 24.9. The first-order chi connectivity index (χ1) is 17.6. The van der Waals surface area contributed by atoms with Crippen LogP contribution in [0.15, 0.2) is 72.2 Å². The van der Waals surface area contributed by atoms with Gasteiger partial charge in [0.05, 0.1) is 25.8 Å². The molecule has 2 aliphatic heterocycles. The zero-order valence-electron chi connectivity index (χ0n) is 19.9. The highest BCUT2D eigenvalue weighted by atomic mass is 19.1. The second-order valence-electron chi connectivity index (χ2n) is 8.60. The Kier molecular flexibility index (Phi) is 7.18. The topological polar surface area (TPSA) is 79.4 Å². The lowest BCUT2D eigenvalue weighted by Crippen LogP contribution is -2.27. The molecular formula is C27H27FN2O6. The molecule has 0 spiro atoms. The molecule has 0 bridgehead atoms. The summed E-state index contributed by atoms with van der Waals surface area (Å²) in [4.78, 5) is 18.2. The first kappa shape index (κ1) is 23.9. The van der Waals surface area contributed by atoms with E-state index in [1.165, 1.54) is 30.6 Å². The van der Waals surface area contributed by atoms with Gasteiger partial charge in [-0.15, -0.1) is 0 Å². The lowest BCUT2D eigenvalue weighted by Gasteiger charge is -2.23. The number of halogens is 1. The van der Waals surface area contributed by atoms with Crippen molar-refractivity contribution in [1.82, 2.24) is 9.88 Å². The molecule has 0 radical (unpaired) electrons. The summed E-state index contributed by atoms with van der Waals surface area (Å²) in [5, 5.41) is 0.811. The van der Waals surface area contributed by atoms with Crippen LogP contribution in [0.3, 0.4) is 0 Å². The first-order valence-electron chi connectivity index (χ1n) is 11.9. The quantitative estimate of drug-likeness (QED) is 0.428. The second-order valence-corrected chi connectivity index (χ2v) is 8.60. The summed E-state index contributed by atoms with van der Waals surface area (Å²) in [7, 11) is 1.52. The van der Waals surface area contributed by atoms with Crippen LogP contribution in [0.25, 0.3) is 10.9 Å². The molecule has 0 N–H and O–H groups in total. The van der Waals surface area contributed by atoms with Crippen molar-refractivity contribution in [3.05, 3.63) is 83.6 Å². The van der Waals surface area contributed by atoms with Gasteiger partial charge >= 0.3 is 6.09 Å². The van der Waals surface area contributed by atoms with E-state index in [-0.39, 0.29) is 18.5 Å². The number of allylic oxidation sites excluding steroid dienone is 4. The van der Waals surface area contributed by atoms with Crippen molar-refractivity contribution >= 4 is 17.0 Å². The second kappa shape index (κ2) is 10.8. The van der Waals surface area contributed by atoms with Crippen LogP contribution in [0, 0.1) is 5.82 Å². The Bertz CT molecular complexity index is 1270. The third kappa shape index (κ3) is 5.21. The Hall–Kier alpha value is -3.85. The Morgan fingerprint density at radius 1 is 1.22 bits per heavy atom. The van der Waals surface area contributed by atoms with E-state index in [0.29, 0.717) is 54.6 Å². The van der Waals surface area contributed by atoms with Crippen LogP contribution in [0.4, 0.5) is 9.18 Å². The maximum atomic E-state index is 14.5. The van der Waals surface area contributed by atoms with Crippen LogP contribution in [-0.2, 0) is 25.6 Å². The molecule has 1 aromatic heterocycles. The van der Waals surface area contributed by atoms with Gasteiger partial charge in [-0.3, -0.25) is 0 Å². The van der Waals surface area contributed by atoms with Gasteiger partial charge in [0.2, 0.25) is 11.8 Å². The lowest BCUT2D eigenvalue weighted by atomic mass is 10.0. The lowest BCUT2D eigenvalue weighted by molar-refractivity contribution is 0.0949. The van der Waals surface area contributed by atoms with Crippen molar-refractivity contribution in [3.8, 4) is 5.88 Å². The van der Waals surface area contributed by atoms with Gasteiger partial charge in [-0.2, -0.15) is 0 Å². The molecule has 1 unspecified atom stereocenters. The fourth-order valence-electron chi connectivity index (χ4n) is 4.28. The number of ether oxygens (including phenoxy) is 5. The Morgan fingerprint density at radius 3 is 2.94 bits per heavy atom. The Morgan fingerprint density at radius 2 is 2.11 bits per heavy atom. The van der Waals surface area contributed by atoms with Crippen molar-refractivity contribution in [2.75, 3.05) is 20.3 Å². The van der Waals surface area contributed by atoms with Crippen LogP contribution >= 0.6 is 0 Å². The third-order valence-electron chi connectivity index (χ3n) is 6.18.